The van der Waals surface area contributed by atoms with Crippen LogP contribution in [0, 0.1) is 0 Å². The first kappa shape index (κ1) is 23.1. The molecule has 174 valence electrons. The van der Waals surface area contributed by atoms with Crippen LogP contribution in [0.1, 0.15) is 48.0 Å². The fourth-order valence-corrected chi connectivity index (χ4v) is 4.67. The van der Waals surface area contributed by atoms with Crippen molar-refractivity contribution in [3.8, 4) is 5.75 Å². The third-order valence-electron chi connectivity index (χ3n) is 6.43. The number of unbranched alkanes of at least 4 members (excludes halogenated alkanes) is 1. The van der Waals surface area contributed by atoms with E-state index in [9.17, 15) is 4.79 Å². The number of nitrogens with zero attached hydrogens (tertiary/aromatic N) is 1. The average molecular weight is 447 g/mol. The molecule has 1 atom stereocenters. The Hall–Kier alpha value is -3.09. The number of methoxy groups -OCH3 is 1. The molecule has 1 unspecified atom stereocenters. The number of hydrogen-bond acceptors (Lipinski definition) is 5. The molecule has 1 aliphatic heterocycles. The largest absolute Gasteiger partial charge is 0.496 e. The SMILES string of the molecule is COc1ccccc1CNc1ccc2c3c(cccc13)C(=O)N2CCCC(N)CCCCN. The first-order valence-electron chi connectivity index (χ1n) is 11.8. The molecule has 1 aliphatic rings. The molecule has 1 amide bonds. The van der Waals surface area contributed by atoms with Gasteiger partial charge in [0.15, 0.2) is 0 Å². The van der Waals surface area contributed by atoms with Crippen LogP contribution >= 0.6 is 0 Å². The van der Waals surface area contributed by atoms with Crippen LogP contribution in [0.15, 0.2) is 54.6 Å². The summed E-state index contributed by atoms with van der Waals surface area (Å²) in [7, 11) is 1.69. The topological polar surface area (TPSA) is 93.6 Å². The van der Waals surface area contributed by atoms with Crippen LogP contribution < -0.4 is 26.4 Å². The number of benzene rings is 3. The van der Waals surface area contributed by atoms with Crippen LogP contribution in [0.3, 0.4) is 0 Å². The number of amides is 1. The highest BCUT2D eigenvalue weighted by Crippen LogP contribution is 2.41. The van der Waals surface area contributed by atoms with Gasteiger partial charge in [0, 0.05) is 46.7 Å². The lowest BCUT2D eigenvalue weighted by Gasteiger charge is -2.20. The minimum Gasteiger partial charge on any atom is -0.496 e. The summed E-state index contributed by atoms with van der Waals surface area (Å²) in [5.74, 6) is 0.938. The van der Waals surface area contributed by atoms with E-state index < -0.39 is 0 Å². The number of anilines is 2. The van der Waals surface area contributed by atoms with Gasteiger partial charge in [-0.1, -0.05) is 36.8 Å². The zero-order valence-electron chi connectivity index (χ0n) is 19.3. The van der Waals surface area contributed by atoms with Crippen LogP contribution in [0.2, 0.25) is 0 Å². The molecule has 0 saturated carbocycles. The fourth-order valence-electron chi connectivity index (χ4n) is 4.67. The molecule has 0 fully saturated rings. The number of carbonyl (C=O) groups excluding carboxylic acids is 1. The highest BCUT2D eigenvalue weighted by Gasteiger charge is 2.30. The fraction of sp³-hybridized carbons (Fsp3) is 0.370. The zero-order valence-corrected chi connectivity index (χ0v) is 19.3. The van der Waals surface area contributed by atoms with Crippen molar-refractivity contribution in [2.24, 2.45) is 11.5 Å². The van der Waals surface area contributed by atoms with Crippen molar-refractivity contribution in [2.75, 3.05) is 30.4 Å². The van der Waals surface area contributed by atoms with E-state index in [0.29, 0.717) is 19.6 Å². The third-order valence-corrected chi connectivity index (χ3v) is 6.43. The normalized spacial score (nSPS) is 13.5. The highest BCUT2D eigenvalue weighted by molar-refractivity contribution is 6.26. The second kappa shape index (κ2) is 10.7. The van der Waals surface area contributed by atoms with E-state index in [1.807, 2.05) is 35.2 Å². The van der Waals surface area contributed by atoms with Crippen molar-refractivity contribution in [3.63, 3.8) is 0 Å². The number of carbonyl (C=O) groups is 1. The summed E-state index contributed by atoms with van der Waals surface area (Å²) < 4.78 is 5.47. The highest BCUT2D eigenvalue weighted by atomic mass is 16.5. The summed E-state index contributed by atoms with van der Waals surface area (Å²) in [5.41, 5.74) is 15.7. The van der Waals surface area contributed by atoms with E-state index in [4.69, 9.17) is 16.2 Å². The zero-order chi connectivity index (χ0) is 23.2. The van der Waals surface area contributed by atoms with Crippen LogP contribution in [0.4, 0.5) is 11.4 Å². The maximum absolute atomic E-state index is 13.2. The Bertz CT molecular complexity index is 1110. The van der Waals surface area contributed by atoms with E-state index in [2.05, 4.69) is 29.6 Å². The maximum Gasteiger partial charge on any atom is 0.258 e. The van der Waals surface area contributed by atoms with E-state index in [0.717, 1.165) is 71.1 Å². The molecule has 3 aromatic carbocycles. The first-order chi connectivity index (χ1) is 16.1. The summed E-state index contributed by atoms with van der Waals surface area (Å²) >= 11 is 0. The molecule has 0 spiro atoms. The van der Waals surface area contributed by atoms with E-state index in [-0.39, 0.29) is 11.9 Å². The molecule has 1 heterocycles. The van der Waals surface area contributed by atoms with Gasteiger partial charge in [-0.3, -0.25) is 4.79 Å². The molecule has 0 aliphatic carbocycles. The molecule has 0 saturated heterocycles. The van der Waals surface area contributed by atoms with Crippen LogP contribution in [-0.2, 0) is 6.54 Å². The summed E-state index contributed by atoms with van der Waals surface area (Å²) in [5, 5.41) is 5.63. The lowest BCUT2D eigenvalue weighted by atomic mass is 10.0. The molecule has 4 rings (SSSR count). The molecule has 0 aromatic heterocycles. The predicted molar refractivity (Wildman–Crippen MR) is 136 cm³/mol. The smallest absolute Gasteiger partial charge is 0.258 e. The monoisotopic (exact) mass is 446 g/mol. The summed E-state index contributed by atoms with van der Waals surface area (Å²) in [6, 6.07) is 18.3. The molecule has 5 N–H and O–H groups in total. The number of rotatable bonds is 12. The van der Waals surface area contributed by atoms with Crippen molar-refractivity contribution < 1.29 is 9.53 Å². The molecule has 6 heteroatoms. The minimum absolute atomic E-state index is 0.0779. The van der Waals surface area contributed by atoms with E-state index in [1.54, 1.807) is 7.11 Å². The molecule has 33 heavy (non-hydrogen) atoms. The molecule has 6 nitrogen and oxygen atoms in total. The summed E-state index contributed by atoms with van der Waals surface area (Å²) in [4.78, 5) is 15.1. The van der Waals surface area contributed by atoms with Crippen molar-refractivity contribution in [2.45, 2.75) is 44.7 Å². The standard InChI is InChI=1S/C27H34N4O2/c1-33-25-13-3-2-8-19(25)18-30-23-14-15-24-26-21(23)11-6-12-22(26)27(32)31(24)17-7-10-20(29)9-4-5-16-28/h2-3,6,8,11-15,20,30H,4-5,7,9-10,16-18,28-29H2,1H3. The molecule has 0 radical (unpaired) electrons. The molecular formula is C27H34N4O2. The Labute approximate surface area is 195 Å². The number of nitrogens with one attached hydrogen (secondary N) is 1. The van der Waals surface area contributed by atoms with Gasteiger partial charge in [0.2, 0.25) is 0 Å². The minimum atomic E-state index is 0.0779. The van der Waals surface area contributed by atoms with Gasteiger partial charge in [0.25, 0.3) is 5.91 Å². The van der Waals surface area contributed by atoms with Gasteiger partial charge in [0.05, 0.1) is 12.8 Å². The predicted octanol–water partition coefficient (Wildman–Crippen LogP) is 4.66. The van der Waals surface area contributed by atoms with Crippen molar-refractivity contribution >= 4 is 28.1 Å². The Balaban J connectivity index is 1.48. The second-order valence-corrected chi connectivity index (χ2v) is 8.67. The summed E-state index contributed by atoms with van der Waals surface area (Å²) in [6.45, 7) is 2.04. The van der Waals surface area contributed by atoms with Crippen LogP contribution in [-0.4, -0.2) is 32.1 Å². The Morgan fingerprint density at radius 1 is 1.00 bits per heavy atom. The number of para-hydroxylation sites is 1. The van der Waals surface area contributed by atoms with Gasteiger partial charge >= 0.3 is 0 Å². The number of nitrogens with two attached hydrogens (primary N) is 2. The van der Waals surface area contributed by atoms with Crippen molar-refractivity contribution in [3.05, 3.63) is 65.7 Å². The first-order valence-corrected chi connectivity index (χ1v) is 11.8. The summed E-state index contributed by atoms with van der Waals surface area (Å²) in [6.07, 6.45) is 4.87. The van der Waals surface area contributed by atoms with Gasteiger partial charge < -0.3 is 26.4 Å². The molecule has 3 aromatic rings. The van der Waals surface area contributed by atoms with Crippen molar-refractivity contribution in [1.82, 2.24) is 0 Å². The Kier molecular flexibility index (Phi) is 7.47. The van der Waals surface area contributed by atoms with E-state index >= 15 is 0 Å². The van der Waals surface area contributed by atoms with Gasteiger partial charge in [0.1, 0.15) is 5.75 Å². The van der Waals surface area contributed by atoms with Gasteiger partial charge in [-0.05, 0) is 56.5 Å². The van der Waals surface area contributed by atoms with Crippen LogP contribution in [0.5, 0.6) is 5.75 Å². The molecular weight excluding hydrogens is 412 g/mol. The number of ether oxygens (including phenoxy) is 1. The molecule has 0 bridgehead atoms. The number of hydrogen-bond donors (Lipinski definition) is 3. The average Bonchev–Trinajstić information content (AvgIpc) is 3.11. The maximum atomic E-state index is 13.2. The van der Waals surface area contributed by atoms with Gasteiger partial charge in [-0.2, -0.15) is 0 Å². The Morgan fingerprint density at radius 3 is 2.64 bits per heavy atom. The van der Waals surface area contributed by atoms with E-state index in [1.165, 1.54) is 0 Å². The Morgan fingerprint density at radius 2 is 1.82 bits per heavy atom. The third kappa shape index (κ3) is 4.97. The van der Waals surface area contributed by atoms with Crippen molar-refractivity contribution in [1.29, 1.82) is 0 Å². The lowest BCUT2D eigenvalue weighted by Crippen LogP contribution is -2.29. The van der Waals surface area contributed by atoms with Gasteiger partial charge in [-0.15, -0.1) is 0 Å². The quantitative estimate of drug-likeness (QED) is 0.352. The van der Waals surface area contributed by atoms with Crippen LogP contribution in [0.25, 0.3) is 10.8 Å². The lowest BCUT2D eigenvalue weighted by molar-refractivity contribution is 0.0992. The second-order valence-electron chi connectivity index (χ2n) is 8.67. The van der Waals surface area contributed by atoms with Gasteiger partial charge in [-0.25, -0.2) is 0 Å².